The van der Waals surface area contributed by atoms with Crippen molar-refractivity contribution in [1.82, 2.24) is 4.57 Å². The van der Waals surface area contributed by atoms with E-state index in [1.54, 1.807) is 28.8 Å². The van der Waals surface area contributed by atoms with Crippen molar-refractivity contribution >= 4 is 34.9 Å². The number of fused-ring (bicyclic) bond motifs is 1. The SMILES string of the molecule is Cc1cccc2c1N(Cc1c(Cl)cc(Cl)c(=O)n1CCc1ccc(C(=O)O)cc1)CC2. The molecular formula is C24H22Cl2N2O3. The van der Waals surface area contributed by atoms with Crippen molar-refractivity contribution in [3.8, 4) is 0 Å². The molecule has 0 unspecified atom stereocenters. The van der Waals surface area contributed by atoms with E-state index in [0.717, 1.165) is 24.2 Å². The number of halogens is 2. The Morgan fingerprint density at radius 2 is 1.84 bits per heavy atom. The molecule has 2 heterocycles. The van der Waals surface area contributed by atoms with Crippen molar-refractivity contribution in [2.24, 2.45) is 0 Å². The molecule has 31 heavy (non-hydrogen) atoms. The van der Waals surface area contributed by atoms with E-state index in [4.69, 9.17) is 28.3 Å². The number of benzene rings is 2. The third-order valence-electron chi connectivity index (χ3n) is 5.76. The van der Waals surface area contributed by atoms with Crippen molar-refractivity contribution in [2.75, 3.05) is 11.4 Å². The van der Waals surface area contributed by atoms with E-state index in [-0.39, 0.29) is 16.1 Å². The maximum Gasteiger partial charge on any atom is 0.335 e. The summed E-state index contributed by atoms with van der Waals surface area (Å²) in [6.07, 6.45) is 1.52. The largest absolute Gasteiger partial charge is 0.478 e. The molecule has 0 radical (unpaired) electrons. The van der Waals surface area contributed by atoms with Crippen LogP contribution in [-0.4, -0.2) is 22.2 Å². The second-order valence-corrected chi connectivity index (χ2v) is 8.56. The maximum absolute atomic E-state index is 12.9. The minimum atomic E-state index is -0.965. The number of aromatic nitrogens is 1. The van der Waals surface area contributed by atoms with Gasteiger partial charge in [-0.3, -0.25) is 4.79 Å². The lowest BCUT2D eigenvalue weighted by Crippen LogP contribution is -2.30. The molecule has 7 heteroatoms. The molecule has 5 nitrogen and oxygen atoms in total. The highest BCUT2D eigenvalue weighted by Gasteiger charge is 2.23. The van der Waals surface area contributed by atoms with Gasteiger partial charge in [0.15, 0.2) is 0 Å². The molecule has 4 rings (SSSR count). The van der Waals surface area contributed by atoms with Gasteiger partial charge in [-0.05, 0) is 54.7 Å². The minimum absolute atomic E-state index is 0.0907. The molecule has 0 spiro atoms. The standard InChI is InChI=1S/C24H22Cl2N2O3/c1-15-3-2-4-17-10-11-27(22(15)17)14-21-19(25)13-20(26)23(29)28(21)12-9-16-5-7-18(8-6-16)24(30)31/h2-8,13H,9-12,14H2,1H3,(H,30,31). The number of carboxylic acids is 1. The lowest BCUT2D eigenvalue weighted by Gasteiger charge is -2.24. The number of hydrogen-bond acceptors (Lipinski definition) is 3. The first-order valence-corrected chi connectivity index (χ1v) is 10.8. The Morgan fingerprint density at radius 1 is 1.10 bits per heavy atom. The molecule has 1 N–H and O–H groups in total. The van der Waals surface area contributed by atoms with Gasteiger partial charge in [-0.25, -0.2) is 4.79 Å². The first kappa shape index (κ1) is 21.5. The fraction of sp³-hybridized carbons (Fsp3) is 0.250. The number of pyridine rings is 1. The number of anilines is 1. The average Bonchev–Trinajstić information content (AvgIpc) is 3.16. The zero-order chi connectivity index (χ0) is 22.1. The minimum Gasteiger partial charge on any atom is -0.478 e. The van der Waals surface area contributed by atoms with E-state index < -0.39 is 5.97 Å². The van der Waals surface area contributed by atoms with E-state index in [9.17, 15) is 9.59 Å². The molecule has 0 atom stereocenters. The van der Waals surface area contributed by atoms with Crippen LogP contribution in [0.2, 0.25) is 10.0 Å². The Labute approximate surface area is 190 Å². The summed E-state index contributed by atoms with van der Waals surface area (Å²) >= 11 is 12.7. The number of hydrogen-bond donors (Lipinski definition) is 1. The van der Waals surface area contributed by atoms with Crippen LogP contribution in [0, 0.1) is 6.92 Å². The molecule has 1 aliphatic rings. The normalized spacial score (nSPS) is 12.8. The van der Waals surface area contributed by atoms with Crippen LogP contribution in [0.3, 0.4) is 0 Å². The highest BCUT2D eigenvalue weighted by molar-refractivity contribution is 6.34. The second kappa shape index (κ2) is 8.77. The molecule has 0 amide bonds. The first-order chi connectivity index (χ1) is 14.8. The van der Waals surface area contributed by atoms with Gasteiger partial charge in [-0.2, -0.15) is 0 Å². The summed E-state index contributed by atoms with van der Waals surface area (Å²) < 4.78 is 1.64. The molecule has 0 fully saturated rings. The quantitative estimate of drug-likeness (QED) is 0.568. The number of carboxylic acid groups (broad SMARTS) is 1. The van der Waals surface area contributed by atoms with Gasteiger partial charge in [-0.1, -0.05) is 53.5 Å². The molecule has 160 valence electrons. The van der Waals surface area contributed by atoms with Crippen LogP contribution in [0.15, 0.2) is 53.3 Å². The molecule has 1 aliphatic heterocycles. The zero-order valence-corrected chi connectivity index (χ0v) is 18.6. The van der Waals surface area contributed by atoms with Crippen molar-refractivity contribution in [2.45, 2.75) is 32.9 Å². The van der Waals surface area contributed by atoms with Gasteiger partial charge in [-0.15, -0.1) is 0 Å². The first-order valence-electron chi connectivity index (χ1n) is 10.1. The van der Waals surface area contributed by atoms with Crippen LogP contribution in [0.1, 0.15) is 32.7 Å². The van der Waals surface area contributed by atoms with Gasteiger partial charge in [0.05, 0.1) is 22.8 Å². The van der Waals surface area contributed by atoms with Crippen molar-refractivity contribution in [3.05, 3.63) is 96.9 Å². The Kier molecular flexibility index (Phi) is 6.08. The summed E-state index contributed by atoms with van der Waals surface area (Å²) in [5.74, 6) is -0.965. The fourth-order valence-electron chi connectivity index (χ4n) is 4.17. The predicted octanol–water partition coefficient (Wildman–Crippen LogP) is 4.97. The monoisotopic (exact) mass is 456 g/mol. The van der Waals surface area contributed by atoms with E-state index >= 15 is 0 Å². The number of nitrogens with zero attached hydrogens (tertiary/aromatic N) is 2. The van der Waals surface area contributed by atoms with Crippen LogP contribution < -0.4 is 10.5 Å². The Hall–Kier alpha value is -2.76. The van der Waals surface area contributed by atoms with E-state index in [2.05, 4.69) is 30.0 Å². The van der Waals surface area contributed by atoms with Gasteiger partial charge >= 0.3 is 5.97 Å². The maximum atomic E-state index is 12.9. The second-order valence-electron chi connectivity index (χ2n) is 7.75. The van der Waals surface area contributed by atoms with Gasteiger partial charge in [0, 0.05) is 18.8 Å². The third kappa shape index (κ3) is 4.34. The van der Waals surface area contributed by atoms with E-state index in [0.29, 0.717) is 24.5 Å². The summed E-state index contributed by atoms with van der Waals surface area (Å²) in [5, 5.41) is 9.62. The Morgan fingerprint density at radius 3 is 2.55 bits per heavy atom. The smallest absolute Gasteiger partial charge is 0.335 e. The fourth-order valence-corrected chi connectivity index (χ4v) is 4.71. The molecule has 0 saturated heterocycles. The van der Waals surface area contributed by atoms with Gasteiger partial charge < -0.3 is 14.6 Å². The van der Waals surface area contributed by atoms with Crippen molar-refractivity contribution < 1.29 is 9.90 Å². The van der Waals surface area contributed by atoms with Crippen LogP contribution in [0.5, 0.6) is 0 Å². The summed E-state index contributed by atoms with van der Waals surface area (Å²) in [6.45, 7) is 3.87. The summed E-state index contributed by atoms with van der Waals surface area (Å²) in [4.78, 5) is 26.2. The molecule has 2 aromatic carbocycles. The lowest BCUT2D eigenvalue weighted by atomic mass is 10.1. The molecule has 1 aromatic heterocycles. The topological polar surface area (TPSA) is 62.5 Å². The molecule has 0 saturated carbocycles. The summed E-state index contributed by atoms with van der Waals surface area (Å²) in [7, 11) is 0. The van der Waals surface area contributed by atoms with Gasteiger partial charge in [0.2, 0.25) is 0 Å². The summed E-state index contributed by atoms with van der Waals surface area (Å²) in [6, 6.07) is 14.5. The number of para-hydroxylation sites is 1. The van der Waals surface area contributed by atoms with E-state index in [1.165, 1.54) is 22.9 Å². The van der Waals surface area contributed by atoms with E-state index in [1.807, 2.05) is 0 Å². The molecule has 0 bridgehead atoms. The Bertz CT molecular complexity index is 1200. The molecule has 3 aromatic rings. The van der Waals surface area contributed by atoms with Crippen LogP contribution >= 0.6 is 23.2 Å². The predicted molar refractivity (Wildman–Crippen MR) is 124 cm³/mol. The van der Waals surface area contributed by atoms with Crippen LogP contribution in [0.4, 0.5) is 5.69 Å². The van der Waals surface area contributed by atoms with Crippen molar-refractivity contribution in [3.63, 3.8) is 0 Å². The highest BCUT2D eigenvalue weighted by atomic mass is 35.5. The Balaban J connectivity index is 1.63. The van der Waals surface area contributed by atoms with Gasteiger partial charge in [0.1, 0.15) is 5.02 Å². The average molecular weight is 457 g/mol. The number of aryl methyl sites for hydroxylation is 2. The lowest BCUT2D eigenvalue weighted by molar-refractivity contribution is 0.0697. The van der Waals surface area contributed by atoms with Crippen LogP contribution in [-0.2, 0) is 25.9 Å². The van der Waals surface area contributed by atoms with Crippen molar-refractivity contribution in [1.29, 1.82) is 0 Å². The van der Waals surface area contributed by atoms with Gasteiger partial charge in [0.25, 0.3) is 5.56 Å². The molecular weight excluding hydrogens is 435 g/mol. The number of carbonyl (C=O) groups is 1. The zero-order valence-electron chi connectivity index (χ0n) is 17.1. The van der Waals surface area contributed by atoms with Crippen LogP contribution in [0.25, 0.3) is 0 Å². The number of rotatable bonds is 6. The summed E-state index contributed by atoms with van der Waals surface area (Å²) in [5.41, 5.74) is 5.33. The number of aromatic carboxylic acids is 1. The molecule has 0 aliphatic carbocycles. The third-order valence-corrected chi connectivity index (χ3v) is 6.36. The highest BCUT2D eigenvalue weighted by Crippen LogP contribution is 2.33.